The lowest BCUT2D eigenvalue weighted by Crippen LogP contribution is -2.51. The molecule has 2 heterocycles. The van der Waals surface area contributed by atoms with E-state index in [0.717, 1.165) is 6.20 Å². The minimum Gasteiger partial charge on any atom is -0.475 e. The van der Waals surface area contributed by atoms with Crippen LogP contribution in [0.3, 0.4) is 0 Å². The molecule has 30 heavy (non-hydrogen) atoms. The lowest BCUT2D eigenvalue weighted by Gasteiger charge is -2.34. The van der Waals surface area contributed by atoms with Gasteiger partial charge in [0.05, 0.1) is 5.02 Å². The van der Waals surface area contributed by atoms with Gasteiger partial charge in [0.1, 0.15) is 11.5 Å². The molecule has 2 aromatic rings. The molecule has 1 aliphatic rings. The Kier molecular flexibility index (Phi) is 5.77. The molecule has 2 N–H and O–H groups in total. The summed E-state index contributed by atoms with van der Waals surface area (Å²) in [5.74, 6) is -0.00752. The first-order chi connectivity index (χ1) is 13.9. The Hall–Kier alpha value is -2.68. The van der Waals surface area contributed by atoms with Gasteiger partial charge in [-0.15, -0.1) is 0 Å². The standard InChI is InChI=1S/C20H20ClF3N2O4/c1-10(2)8-19(3,26-18(27)28)30-16-7-15-12(6-14(16)21)11-4-5-25-9-13(11)17(29-15)20(22,23)24/h4-7,9-10,17,26H,8H2,1-3H3,(H,27,28)/t17?,19-/m0/s1. The molecule has 0 spiro atoms. The molecule has 162 valence electrons. The molecule has 0 bridgehead atoms. The second-order valence-corrected chi connectivity index (χ2v) is 8.05. The van der Waals surface area contributed by atoms with Crippen LogP contribution in [0.5, 0.6) is 11.5 Å². The van der Waals surface area contributed by atoms with Crippen LogP contribution in [0.1, 0.15) is 38.9 Å². The number of alkyl halides is 3. The zero-order valence-corrected chi connectivity index (χ0v) is 17.1. The van der Waals surface area contributed by atoms with E-state index in [1.54, 1.807) is 0 Å². The van der Waals surface area contributed by atoms with E-state index in [9.17, 15) is 18.0 Å². The average Bonchev–Trinajstić information content (AvgIpc) is 2.59. The number of carbonyl (C=O) groups is 1. The summed E-state index contributed by atoms with van der Waals surface area (Å²) in [6.07, 6.45) is -5.36. The van der Waals surface area contributed by atoms with E-state index >= 15 is 0 Å². The molecule has 0 saturated heterocycles. The van der Waals surface area contributed by atoms with Crippen LogP contribution in [-0.4, -0.2) is 28.1 Å². The molecule has 1 aromatic heterocycles. The van der Waals surface area contributed by atoms with Crippen molar-refractivity contribution < 1.29 is 32.5 Å². The van der Waals surface area contributed by atoms with Gasteiger partial charge < -0.3 is 14.6 Å². The fourth-order valence-electron chi connectivity index (χ4n) is 3.58. The first-order valence-corrected chi connectivity index (χ1v) is 9.49. The van der Waals surface area contributed by atoms with Gasteiger partial charge in [-0.05, 0) is 30.5 Å². The molecule has 0 saturated carbocycles. The Bertz CT molecular complexity index is 968. The quantitative estimate of drug-likeness (QED) is 0.569. The van der Waals surface area contributed by atoms with Crippen LogP contribution in [-0.2, 0) is 0 Å². The largest absolute Gasteiger partial charge is 0.475 e. The maximum absolute atomic E-state index is 13.6. The minimum atomic E-state index is -4.66. The normalized spacial score (nSPS) is 17.4. The molecule has 1 unspecified atom stereocenters. The van der Waals surface area contributed by atoms with Crippen LogP contribution in [0.25, 0.3) is 11.1 Å². The second kappa shape index (κ2) is 7.86. The van der Waals surface area contributed by atoms with Crippen LogP contribution < -0.4 is 14.8 Å². The van der Waals surface area contributed by atoms with Gasteiger partial charge in [-0.2, -0.15) is 13.2 Å². The first-order valence-electron chi connectivity index (χ1n) is 9.11. The SMILES string of the molecule is CC(C)C[C@@](C)(NC(=O)O)Oc1cc2c(cc1Cl)-c1ccncc1C(C(F)(F)F)O2. The lowest BCUT2D eigenvalue weighted by molar-refractivity contribution is -0.198. The highest BCUT2D eigenvalue weighted by Gasteiger charge is 2.47. The molecule has 0 fully saturated rings. The number of ether oxygens (including phenoxy) is 2. The minimum absolute atomic E-state index is 0.00532. The third kappa shape index (κ3) is 4.56. The van der Waals surface area contributed by atoms with E-state index in [1.807, 2.05) is 13.8 Å². The van der Waals surface area contributed by atoms with Gasteiger partial charge in [0, 0.05) is 36.0 Å². The van der Waals surface area contributed by atoms with E-state index in [4.69, 9.17) is 26.2 Å². The van der Waals surface area contributed by atoms with Crippen molar-refractivity contribution in [2.45, 2.75) is 45.2 Å². The molecule has 1 amide bonds. The number of halogens is 4. The van der Waals surface area contributed by atoms with Crippen LogP contribution in [0.2, 0.25) is 5.02 Å². The van der Waals surface area contributed by atoms with Gasteiger partial charge >= 0.3 is 12.3 Å². The zero-order valence-electron chi connectivity index (χ0n) is 16.4. The highest BCUT2D eigenvalue weighted by Crippen LogP contribution is 2.50. The number of nitrogens with one attached hydrogen (secondary N) is 1. The number of pyridine rings is 1. The van der Waals surface area contributed by atoms with Crippen molar-refractivity contribution in [3.8, 4) is 22.6 Å². The summed E-state index contributed by atoms with van der Waals surface area (Å²) in [5, 5.41) is 11.6. The van der Waals surface area contributed by atoms with Crippen LogP contribution in [0.4, 0.5) is 18.0 Å². The number of nitrogens with zero attached hydrogens (tertiary/aromatic N) is 1. The molecule has 0 aliphatic carbocycles. The van der Waals surface area contributed by atoms with Gasteiger partial charge in [-0.25, -0.2) is 4.79 Å². The third-order valence-electron chi connectivity index (χ3n) is 4.51. The Morgan fingerprint density at radius 3 is 2.67 bits per heavy atom. The van der Waals surface area contributed by atoms with Crippen LogP contribution >= 0.6 is 11.6 Å². The molecule has 2 atom stereocenters. The number of rotatable bonds is 5. The lowest BCUT2D eigenvalue weighted by atomic mass is 9.94. The third-order valence-corrected chi connectivity index (χ3v) is 4.80. The van der Waals surface area contributed by atoms with E-state index in [-0.39, 0.29) is 28.0 Å². The van der Waals surface area contributed by atoms with Gasteiger partial charge in [0.25, 0.3) is 0 Å². The average molecular weight is 445 g/mol. The number of aromatic nitrogens is 1. The summed E-state index contributed by atoms with van der Waals surface area (Å²) in [6, 6.07) is 4.15. The van der Waals surface area contributed by atoms with Gasteiger partial charge in [-0.1, -0.05) is 25.4 Å². The maximum atomic E-state index is 13.6. The number of amides is 1. The van der Waals surface area contributed by atoms with E-state index in [0.29, 0.717) is 17.5 Å². The van der Waals surface area contributed by atoms with Crippen LogP contribution in [0.15, 0.2) is 30.6 Å². The molecule has 10 heteroatoms. The topological polar surface area (TPSA) is 80.7 Å². The Balaban J connectivity index is 2.05. The number of benzene rings is 1. The molecular weight excluding hydrogens is 425 g/mol. The fraction of sp³-hybridized carbons (Fsp3) is 0.400. The van der Waals surface area contributed by atoms with Crippen molar-refractivity contribution in [2.24, 2.45) is 5.92 Å². The second-order valence-electron chi connectivity index (χ2n) is 7.64. The summed E-state index contributed by atoms with van der Waals surface area (Å²) in [5.41, 5.74) is -0.797. The highest BCUT2D eigenvalue weighted by molar-refractivity contribution is 6.32. The smallest absolute Gasteiger partial charge is 0.429 e. The number of hydrogen-bond acceptors (Lipinski definition) is 4. The Labute approximate surface area is 176 Å². The van der Waals surface area contributed by atoms with Gasteiger partial charge in [0.15, 0.2) is 5.72 Å². The number of carboxylic acid groups (broad SMARTS) is 1. The molecule has 1 aromatic carbocycles. The summed E-state index contributed by atoms with van der Waals surface area (Å²) in [7, 11) is 0. The maximum Gasteiger partial charge on any atom is 0.429 e. The summed E-state index contributed by atoms with van der Waals surface area (Å²) < 4.78 is 51.8. The van der Waals surface area contributed by atoms with E-state index in [1.165, 1.54) is 31.3 Å². The van der Waals surface area contributed by atoms with Crippen molar-refractivity contribution in [1.82, 2.24) is 10.3 Å². The van der Waals surface area contributed by atoms with Crippen molar-refractivity contribution in [3.05, 3.63) is 41.2 Å². The van der Waals surface area contributed by atoms with Gasteiger partial charge in [-0.3, -0.25) is 10.3 Å². The molecular formula is C20H20ClF3N2O4. The zero-order chi connectivity index (χ0) is 22.3. The molecule has 3 rings (SSSR count). The Morgan fingerprint density at radius 1 is 1.37 bits per heavy atom. The molecule has 0 radical (unpaired) electrons. The van der Waals surface area contributed by atoms with Crippen molar-refractivity contribution in [2.75, 3.05) is 0 Å². The van der Waals surface area contributed by atoms with Gasteiger partial charge in [0.2, 0.25) is 6.10 Å². The van der Waals surface area contributed by atoms with E-state index < -0.39 is 24.1 Å². The first kappa shape index (κ1) is 22.0. The molecule has 6 nitrogen and oxygen atoms in total. The monoisotopic (exact) mass is 444 g/mol. The predicted molar refractivity (Wildman–Crippen MR) is 104 cm³/mol. The van der Waals surface area contributed by atoms with Crippen molar-refractivity contribution >= 4 is 17.7 Å². The number of hydrogen-bond donors (Lipinski definition) is 2. The number of fused-ring (bicyclic) bond motifs is 3. The summed E-state index contributed by atoms with van der Waals surface area (Å²) in [6.45, 7) is 5.28. The van der Waals surface area contributed by atoms with Crippen LogP contribution in [0, 0.1) is 5.92 Å². The van der Waals surface area contributed by atoms with Crippen molar-refractivity contribution in [1.29, 1.82) is 0 Å². The molecule has 1 aliphatic heterocycles. The van der Waals surface area contributed by atoms with Crippen molar-refractivity contribution in [3.63, 3.8) is 0 Å². The highest BCUT2D eigenvalue weighted by atomic mass is 35.5. The summed E-state index contributed by atoms with van der Waals surface area (Å²) in [4.78, 5) is 15.0. The predicted octanol–water partition coefficient (Wildman–Crippen LogP) is 5.81. The fourth-order valence-corrected chi connectivity index (χ4v) is 3.78. The Morgan fingerprint density at radius 2 is 2.07 bits per heavy atom. The van der Waals surface area contributed by atoms with E-state index in [2.05, 4.69) is 10.3 Å². The summed E-state index contributed by atoms with van der Waals surface area (Å²) >= 11 is 6.34.